The van der Waals surface area contributed by atoms with Gasteiger partial charge in [-0.25, -0.2) is 0 Å². The molecule has 1 N–H and O–H groups in total. The molecule has 0 spiro atoms. The highest BCUT2D eigenvalue weighted by Crippen LogP contribution is 2.40. The van der Waals surface area contributed by atoms with E-state index in [1.807, 2.05) is 0 Å². The van der Waals surface area contributed by atoms with Crippen molar-refractivity contribution in [3.05, 3.63) is 22.2 Å². The summed E-state index contributed by atoms with van der Waals surface area (Å²) in [4.78, 5) is 0. The van der Waals surface area contributed by atoms with E-state index in [2.05, 4.69) is 33.4 Å². The molecule has 98 valence electrons. The first kappa shape index (κ1) is 12.3. The number of piperidine rings is 1. The standard InChI is InChI=1S/C14H18BrNO2/c15-11-8-10(12-4-1-2-5-16-12)9-13-14(11)18-7-3-6-17-13/h8-9,12,16H,1-7H2. The predicted octanol–water partition coefficient (Wildman–Crippen LogP) is 3.43. The van der Waals surface area contributed by atoms with Gasteiger partial charge in [0.25, 0.3) is 0 Å². The van der Waals surface area contributed by atoms with E-state index in [4.69, 9.17) is 9.47 Å². The van der Waals surface area contributed by atoms with Crippen LogP contribution in [0, 0.1) is 0 Å². The molecule has 0 radical (unpaired) electrons. The lowest BCUT2D eigenvalue weighted by Gasteiger charge is -2.25. The first-order valence-electron chi connectivity index (χ1n) is 6.67. The van der Waals surface area contributed by atoms with Crippen LogP contribution >= 0.6 is 15.9 Å². The molecule has 4 heteroatoms. The number of hydrogen-bond donors (Lipinski definition) is 1. The third-order valence-electron chi connectivity index (χ3n) is 3.54. The summed E-state index contributed by atoms with van der Waals surface area (Å²) in [5, 5.41) is 3.57. The van der Waals surface area contributed by atoms with Crippen LogP contribution in [-0.4, -0.2) is 19.8 Å². The van der Waals surface area contributed by atoms with Crippen LogP contribution in [0.2, 0.25) is 0 Å². The lowest BCUT2D eigenvalue weighted by Crippen LogP contribution is -2.26. The molecule has 2 aliphatic rings. The Hall–Kier alpha value is -0.740. The van der Waals surface area contributed by atoms with E-state index < -0.39 is 0 Å². The molecule has 1 saturated heterocycles. The Balaban J connectivity index is 1.91. The summed E-state index contributed by atoms with van der Waals surface area (Å²) in [5.74, 6) is 1.73. The second kappa shape index (κ2) is 5.49. The zero-order valence-electron chi connectivity index (χ0n) is 10.4. The molecule has 1 unspecified atom stereocenters. The Labute approximate surface area is 116 Å². The van der Waals surface area contributed by atoms with E-state index in [-0.39, 0.29) is 0 Å². The average Bonchev–Trinajstić information content (AvgIpc) is 2.65. The zero-order chi connectivity index (χ0) is 12.4. The summed E-state index contributed by atoms with van der Waals surface area (Å²) in [5.41, 5.74) is 1.30. The van der Waals surface area contributed by atoms with Crippen molar-refractivity contribution >= 4 is 15.9 Å². The maximum absolute atomic E-state index is 5.78. The highest BCUT2D eigenvalue weighted by Gasteiger charge is 2.20. The van der Waals surface area contributed by atoms with Gasteiger partial charge in [0.2, 0.25) is 0 Å². The normalized spacial score (nSPS) is 23.5. The van der Waals surface area contributed by atoms with Crippen molar-refractivity contribution in [2.24, 2.45) is 0 Å². The molecule has 0 saturated carbocycles. The Bertz CT molecular complexity index is 430. The number of rotatable bonds is 1. The molecule has 1 fully saturated rings. The van der Waals surface area contributed by atoms with Gasteiger partial charge in [-0.3, -0.25) is 0 Å². The molecule has 1 aromatic rings. The summed E-state index contributed by atoms with van der Waals surface area (Å²) < 4.78 is 12.5. The minimum absolute atomic E-state index is 0.451. The van der Waals surface area contributed by atoms with Crippen LogP contribution in [0.1, 0.15) is 37.3 Å². The van der Waals surface area contributed by atoms with Crippen LogP contribution in [0.25, 0.3) is 0 Å². The van der Waals surface area contributed by atoms with Crippen molar-refractivity contribution in [1.82, 2.24) is 5.32 Å². The molecule has 0 aromatic heterocycles. The fraction of sp³-hybridized carbons (Fsp3) is 0.571. The zero-order valence-corrected chi connectivity index (χ0v) is 12.0. The maximum atomic E-state index is 5.78. The fourth-order valence-corrected chi connectivity index (χ4v) is 3.16. The number of benzene rings is 1. The van der Waals surface area contributed by atoms with Crippen LogP contribution in [-0.2, 0) is 0 Å². The Morgan fingerprint density at radius 1 is 1.11 bits per heavy atom. The van der Waals surface area contributed by atoms with Crippen molar-refractivity contribution in [1.29, 1.82) is 0 Å². The highest BCUT2D eigenvalue weighted by atomic mass is 79.9. The molecule has 1 aromatic carbocycles. The molecule has 2 heterocycles. The summed E-state index contributed by atoms with van der Waals surface area (Å²) in [7, 11) is 0. The minimum Gasteiger partial charge on any atom is -0.490 e. The highest BCUT2D eigenvalue weighted by molar-refractivity contribution is 9.10. The molecule has 18 heavy (non-hydrogen) atoms. The summed E-state index contributed by atoms with van der Waals surface area (Å²) >= 11 is 3.60. The van der Waals surface area contributed by atoms with E-state index >= 15 is 0 Å². The van der Waals surface area contributed by atoms with E-state index in [0.29, 0.717) is 6.04 Å². The lowest BCUT2D eigenvalue weighted by atomic mass is 9.97. The summed E-state index contributed by atoms with van der Waals surface area (Å²) in [6.45, 7) is 2.57. The topological polar surface area (TPSA) is 30.5 Å². The molecule has 0 bridgehead atoms. The van der Waals surface area contributed by atoms with Crippen LogP contribution in [0.5, 0.6) is 11.5 Å². The first-order chi connectivity index (χ1) is 8.84. The smallest absolute Gasteiger partial charge is 0.175 e. The van der Waals surface area contributed by atoms with Crippen molar-refractivity contribution in [3.8, 4) is 11.5 Å². The van der Waals surface area contributed by atoms with Crippen molar-refractivity contribution in [3.63, 3.8) is 0 Å². The van der Waals surface area contributed by atoms with E-state index in [1.54, 1.807) is 0 Å². The second-order valence-electron chi connectivity index (χ2n) is 4.88. The third kappa shape index (κ3) is 2.50. The van der Waals surface area contributed by atoms with Crippen LogP contribution in [0.15, 0.2) is 16.6 Å². The second-order valence-corrected chi connectivity index (χ2v) is 5.74. The van der Waals surface area contributed by atoms with Gasteiger partial charge in [-0.2, -0.15) is 0 Å². The molecular weight excluding hydrogens is 294 g/mol. The van der Waals surface area contributed by atoms with Gasteiger partial charge in [0.05, 0.1) is 17.7 Å². The van der Waals surface area contributed by atoms with Crippen LogP contribution < -0.4 is 14.8 Å². The molecule has 3 rings (SSSR count). The number of halogens is 1. The number of fused-ring (bicyclic) bond motifs is 1. The van der Waals surface area contributed by atoms with Gasteiger partial charge in [0, 0.05) is 12.5 Å². The average molecular weight is 312 g/mol. The maximum Gasteiger partial charge on any atom is 0.175 e. The Kier molecular flexibility index (Phi) is 3.75. The lowest BCUT2D eigenvalue weighted by molar-refractivity contribution is 0.296. The molecule has 2 aliphatic heterocycles. The summed E-state index contributed by atoms with van der Waals surface area (Å²) in [6.07, 6.45) is 4.72. The van der Waals surface area contributed by atoms with E-state index in [0.717, 1.165) is 42.2 Å². The minimum atomic E-state index is 0.451. The van der Waals surface area contributed by atoms with E-state index in [1.165, 1.54) is 24.8 Å². The van der Waals surface area contributed by atoms with Gasteiger partial charge >= 0.3 is 0 Å². The largest absolute Gasteiger partial charge is 0.490 e. The van der Waals surface area contributed by atoms with Crippen molar-refractivity contribution in [2.45, 2.75) is 31.7 Å². The van der Waals surface area contributed by atoms with Crippen molar-refractivity contribution in [2.75, 3.05) is 19.8 Å². The van der Waals surface area contributed by atoms with Gasteiger partial charge in [-0.05, 0) is 53.0 Å². The van der Waals surface area contributed by atoms with Crippen LogP contribution in [0.3, 0.4) is 0 Å². The van der Waals surface area contributed by atoms with Gasteiger partial charge in [-0.15, -0.1) is 0 Å². The molecule has 0 aliphatic carbocycles. The molecule has 1 atom stereocenters. The predicted molar refractivity (Wildman–Crippen MR) is 74.3 cm³/mol. The fourth-order valence-electron chi connectivity index (χ4n) is 2.59. The monoisotopic (exact) mass is 311 g/mol. The van der Waals surface area contributed by atoms with Gasteiger partial charge in [0.15, 0.2) is 11.5 Å². The molecule has 3 nitrogen and oxygen atoms in total. The van der Waals surface area contributed by atoms with Gasteiger partial charge in [-0.1, -0.05) is 6.42 Å². The quantitative estimate of drug-likeness (QED) is 0.862. The number of hydrogen-bond acceptors (Lipinski definition) is 3. The van der Waals surface area contributed by atoms with Crippen molar-refractivity contribution < 1.29 is 9.47 Å². The van der Waals surface area contributed by atoms with Gasteiger partial charge in [0.1, 0.15) is 0 Å². The molecular formula is C14H18BrNO2. The number of nitrogens with one attached hydrogen (secondary N) is 1. The number of ether oxygens (including phenoxy) is 2. The Morgan fingerprint density at radius 2 is 2.00 bits per heavy atom. The SMILES string of the molecule is Brc1cc(C2CCCCN2)cc2c1OCCCO2. The van der Waals surface area contributed by atoms with Gasteiger partial charge < -0.3 is 14.8 Å². The van der Waals surface area contributed by atoms with Crippen LogP contribution in [0.4, 0.5) is 0 Å². The first-order valence-corrected chi connectivity index (χ1v) is 7.46. The summed E-state index contributed by atoms with van der Waals surface area (Å²) in [6, 6.07) is 4.75. The third-order valence-corrected chi connectivity index (χ3v) is 4.13. The molecule has 0 amide bonds. The van der Waals surface area contributed by atoms with E-state index in [9.17, 15) is 0 Å². The Morgan fingerprint density at radius 3 is 2.83 bits per heavy atom.